The van der Waals surface area contributed by atoms with E-state index in [-0.39, 0.29) is 6.10 Å². The van der Waals surface area contributed by atoms with Crippen LogP contribution in [-0.2, 0) is 4.74 Å². The molecule has 0 radical (unpaired) electrons. The Morgan fingerprint density at radius 2 is 1.40 bits per heavy atom. The quantitative estimate of drug-likeness (QED) is 0.495. The number of methoxy groups -OCH3 is 1. The average molecular weight is 206 g/mol. The van der Waals surface area contributed by atoms with Crippen molar-refractivity contribution < 1.29 is 4.74 Å². The third-order valence-electron chi connectivity index (χ3n) is 2.01. The van der Waals surface area contributed by atoms with Crippen molar-refractivity contribution >= 4 is 0 Å². The minimum Gasteiger partial charge on any atom is -0.357 e. The lowest BCUT2D eigenvalue weighted by molar-refractivity contribution is 0.191. The molecule has 0 heterocycles. The molecule has 0 atom stereocenters. The highest BCUT2D eigenvalue weighted by Crippen LogP contribution is 1.94. The fourth-order valence-electron chi connectivity index (χ4n) is 1.01. The fourth-order valence-corrected chi connectivity index (χ4v) is 1.01. The van der Waals surface area contributed by atoms with Crippen molar-refractivity contribution in [2.75, 3.05) is 7.11 Å². The molecule has 0 aromatic carbocycles. The van der Waals surface area contributed by atoms with Crippen LogP contribution in [0.15, 0.2) is 0 Å². The van der Waals surface area contributed by atoms with E-state index in [2.05, 4.69) is 37.5 Å². The molecule has 0 aromatic rings. The Balaban J connectivity index is 3.86. The first-order valence-electron chi connectivity index (χ1n) is 5.84. The molecule has 1 heteroatoms. The summed E-state index contributed by atoms with van der Waals surface area (Å²) in [5, 5.41) is 0. The molecule has 0 aromatic heterocycles. The smallest absolute Gasteiger partial charge is 0.178 e. The fraction of sp³-hybridized carbons (Fsp3) is 0.714. The van der Waals surface area contributed by atoms with Crippen molar-refractivity contribution in [3.8, 4) is 23.7 Å². The van der Waals surface area contributed by atoms with E-state index < -0.39 is 0 Å². The number of ether oxygens (including phenoxy) is 1. The molecule has 1 nitrogen and oxygen atoms in total. The molecule has 0 saturated heterocycles. The predicted octanol–water partition coefficient (Wildman–Crippen LogP) is 3.39. The van der Waals surface area contributed by atoms with Gasteiger partial charge in [-0.1, -0.05) is 50.4 Å². The molecule has 0 saturated carbocycles. The largest absolute Gasteiger partial charge is 0.357 e. The SMILES string of the molecule is CCCCC#CC(C#CCCCC)OC. The Morgan fingerprint density at radius 1 is 0.933 bits per heavy atom. The summed E-state index contributed by atoms with van der Waals surface area (Å²) >= 11 is 0. The Kier molecular flexibility index (Phi) is 10.5. The Bertz CT molecular complexity index is 220. The zero-order valence-electron chi connectivity index (χ0n) is 10.2. The van der Waals surface area contributed by atoms with Gasteiger partial charge in [-0.3, -0.25) is 0 Å². The standard InChI is InChI=1S/C14H22O/c1-4-6-8-10-12-14(15-3)13-11-9-7-5-2/h14H,4-9H2,1-3H3. The van der Waals surface area contributed by atoms with Crippen LogP contribution in [0.25, 0.3) is 0 Å². The van der Waals surface area contributed by atoms with Crippen LogP contribution < -0.4 is 0 Å². The summed E-state index contributed by atoms with van der Waals surface area (Å²) in [6, 6.07) is 0. The van der Waals surface area contributed by atoms with Gasteiger partial charge in [-0.25, -0.2) is 0 Å². The van der Waals surface area contributed by atoms with Crippen molar-refractivity contribution in [1.82, 2.24) is 0 Å². The molecule has 0 rings (SSSR count). The van der Waals surface area contributed by atoms with Gasteiger partial charge >= 0.3 is 0 Å². The van der Waals surface area contributed by atoms with Crippen LogP contribution in [0, 0.1) is 23.7 Å². The van der Waals surface area contributed by atoms with Crippen LogP contribution in [0.5, 0.6) is 0 Å². The first-order chi connectivity index (χ1) is 7.35. The molecule has 0 fully saturated rings. The summed E-state index contributed by atoms with van der Waals surface area (Å²) in [7, 11) is 1.66. The van der Waals surface area contributed by atoms with E-state index in [0.29, 0.717) is 0 Å². The zero-order valence-corrected chi connectivity index (χ0v) is 10.2. The summed E-state index contributed by atoms with van der Waals surface area (Å²) in [5.41, 5.74) is 0. The van der Waals surface area contributed by atoms with E-state index in [1.807, 2.05) is 0 Å². The summed E-state index contributed by atoms with van der Waals surface area (Å²) in [6.07, 6.45) is 6.40. The van der Waals surface area contributed by atoms with Gasteiger partial charge in [-0.15, -0.1) is 0 Å². The Labute approximate surface area is 94.6 Å². The molecular weight excluding hydrogens is 184 g/mol. The normalized spacial score (nSPS) is 9.07. The highest BCUT2D eigenvalue weighted by atomic mass is 16.5. The molecule has 0 aliphatic heterocycles. The summed E-state index contributed by atoms with van der Waals surface area (Å²) in [6.45, 7) is 4.33. The van der Waals surface area contributed by atoms with E-state index in [1.165, 1.54) is 12.8 Å². The van der Waals surface area contributed by atoms with E-state index in [1.54, 1.807) is 7.11 Å². The second-order valence-electron chi connectivity index (χ2n) is 3.47. The first-order valence-corrected chi connectivity index (χ1v) is 5.84. The Hall–Kier alpha value is -0.920. The number of rotatable bonds is 5. The van der Waals surface area contributed by atoms with Crippen LogP contribution in [0.4, 0.5) is 0 Å². The number of unbranched alkanes of at least 4 members (excludes halogenated alkanes) is 4. The molecule has 0 bridgehead atoms. The predicted molar refractivity (Wildman–Crippen MR) is 65.4 cm³/mol. The van der Waals surface area contributed by atoms with Crippen LogP contribution >= 0.6 is 0 Å². The molecular formula is C14H22O. The molecule has 15 heavy (non-hydrogen) atoms. The van der Waals surface area contributed by atoms with E-state index in [0.717, 1.165) is 25.7 Å². The lowest BCUT2D eigenvalue weighted by atomic mass is 10.2. The highest BCUT2D eigenvalue weighted by molar-refractivity contribution is 5.20. The number of hydrogen-bond acceptors (Lipinski definition) is 1. The van der Waals surface area contributed by atoms with E-state index >= 15 is 0 Å². The molecule has 0 N–H and O–H groups in total. The topological polar surface area (TPSA) is 9.23 Å². The maximum Gasteiger partial charge on any atom is 0.178 e. The minimum atomic E-state index is -0.196. The van der Waals surface area contributed by atoms with Crippen LogP contribution in [0.2, 0.25) is 0 Å². The van der Waals surface area contributed by atoms with Crippen molar-refractivity contribution in [2.24, 2.45) is 0 Å². The summed E-state index contributed by atoms with van der Waals surface area (Å²) in [4.78, 5) is 0. The van der Waals surface area contributed by atoms with Crippen LogP contribution in [0.3, 0.4) is 0 Å². The molecule has 0 amide bonds. The Morgan fingerprint density at radius 3 is 1.73 bits per heavy atom. The van der Waals surface area contributed by atoms with Crippen LogP contribution in [-0.4, -0.2) is 13.2 Å². The molecule has 0 aliphatic rings. The third-order valence-corrected chi connectivity index (χ3v) is 2.01. The van der Waals surface area contributed by atoms with Gasteiger partial charge in [-0.05, 0) is 12.8 Å². The molecule has 0 aliphatic carbocycles. The van der Waals surface area contributed by atoms with Gasteiger partial charge in [0.15, 0.2) is 6.10 Å². The summed E-state index contributed by atoms with van der Waals surface area (Å²) in [5.74, 6) is 12.3. The second-order valence-corrected chi connectivity index (χ2v) is 3.47. The summed E-state index contributed by atoms with van der Waals surface area (Å²) < 4.78 is 5.16. The van der Waals surface area contributed by atoms with Crippen molar-refractivity contribution in [1.29, 1.82) is 0 Å². The third kappa shape index (κ3) is 9.39. The average Bonchev–Trinajstić information content (AvgIpc) is 2.27. The second kappa shape index (κ2) is 11.2. The van der Waals surface area contributed by atoms with Gasteiger partial charge in [0, 0.05) is 20.0 Å². The van der Waals surface area contributed by atoms with E-state index in [9.17, 15) is 0 Å². The number of hydrogen-bond donors (Lipinski definition) is 0. The molecule has 0 unspecified atom stereocenters. The van der Waals surface area contributed by atoms with Gasteiger partial charge in [0.2, 0.25) is 0 Å². The van der Waals surface area contributed by atoms with Gasteiger partial charge in [0.1, 0.15) is 0 Å². The lowest BCUT2D eigenvalue weighted by Crippen LogP contribution is -2.03. The van der Waals surface area contributed by atoms with Gasteiger partial charge < -0.3 is 4.74 Å². The van der Waals surface area contributed by atoms with Gasteiger partial charge in [0.25, 0.3) is 0 Å². The lowest BCUT2D eigenvalue weighted by Gasteiger charge is -1.97. The zero-order chi connectivity index (χ0) is 11.4. The minimum absolute atomic E-state index is 0.196. The first kappa shape index (κ1) is 14.1. The van der Waals surface area contributed by atoms with Gasteiger partial charge in [-0.2, -0.15) is 0 Å². The van der Waals surface area contributed by atoms with Crippen LogP contribution in [0.1, 0.15) is 52.4 Å². The van der Waals surface area contributed by atoms with Gasteiger partial charge in [0.05, 0.1) is 0 Å². The van der Waals surface area contributed by atoms with Crippen molar-refractivity contribution in [3.05, 3.63) is 0 Å². The molecule has 0 spiro atoms. The van der Waals surface area contributed by atoms with Crippen molar-refractivity contribution in [3.63, 3.8) is 0 Å². The maximum atomic E-state index is 5.16. The maximum absolute atomic E-state index is 5.16. The van der Waals surface area contributed by atoms with E-state index in [4.69, 9.17) is 4.74 Å². The monoisotopic (exact) mass is 206 g/mol. The highest BCUT2D eigenvalue weighted by Gasteiger charge is 1.93. The molecule has 84 valence electrons. The van der Waals surface area contributed by atoms with Crippen molar-refractivity contribution in [2.45, 2.75) is 58.5 Å².